The van der Waals surface area contributed by atoms with Gasteiger partial charge in [0, 0.05) is 5.69 Å². The van der Waals surface area contributed by atoms with Crippen molar-refractivity contribution in [3.63, 3.8) is 0 Å². The molecular weight excluding hydrogens is 260 g/mol. The van der Waals surface area contributed by atoms with Crippen LogP contribution in [0.25, 0.3) is 0 Å². The molecule has 1 unspecified atom stereocenters. The predicted octanol–water partition coefficient (Wildman–Crippen LogP) is 1.97. The molecule has 0 saturated carbocycles. The quantitative estimate of drug-likeness (QED) is 0.640. The molecule has 19 heavy (non-hydrogen) atoms. The van der Waals surface area contributed by atoms with Gasteiger partial charge in [0.15, 0.2) is 0 Å². The summed E-state index contributed by atoms with van der Waals surface area (Å²) < 4.78 is 27.3. The van der Waals surface area contributed by atoms with Crippen LogP contribution in [0.4, 0.5) is 5.69 Å². The molecule has 0 aliphatic heterocycles. The standard InChI is InChI=1S/C14H20N2O2S/c1-5-7-13(6-2)16-19(17,18)14-10(3)8-12(15)9-11(14)4/h2,8-9,13,16H,5,7,15H2,1,3-4H3. The lowest BCUT2D eigenvalue weighted by atomic mass is 10.1. The molecule has 0 fully saturated rings. The first-order chi connectivity index (χ1) is 8.81. The zero-order valence-corrected chi connectivity index (χ0v) is 12.3. The minimum Gasteiger partial charge on any atom is -0.399 e. The molecule has 1 aromatic carbocycles. The molecule has 5 heteroatoms. The highest BCUT2D eigenvalue weighted by Crippen LogP contribution is 2.23. The third kappa shape index (κ3) is 3.72. The summed E-state index contributed by atoms with van der Waals surface area (Å²) in [6.07, 6.45) is 6.78. The van der Waals surface area contributed by atoms with Crippen LogP contribution in [0, 0.1) is 26.2 Å². The van der Waals surface area contributed by atoms with Crippen LogP contribution in [0.5, 0.6) is 0 Å². The Bertz CT molecular complexity index is 577. The van der Waals surface area contributed by atoms with Crippen molar-refractivity contribution < 1.29 is 8.42 Å². The van der Waals surface area contributed by atoms with Gasteiger partial charge in [0.2, 0.25) is 10.0 Å². The lowest BCUT2D eigenvalue weighted by molar-refractivity contribution is 0.563. The Morgan fingerprint density at radius 3 is 2.32 bits per heavy atom. The Morgan fingerprint density at radius 1 is 1.37 bits per heavy atom. The van der Waals surface area contributed by atoms with Crippen molar-refractivity contribution in [3.05, 3.63) is 23.3 Å². The first-order valence-electron chi connectivity index (χ1n) is 6.17. The number of nitrogen functional groups attached to an aromatic ring is 1. The van der Waals surface area contributed by atoms with Crippen LogP contribution in [0.2, 0.25) is 0 Å². The summed E-state index contributed by atoms with van der Waals surface area (Å²) in [6, 6.07) is 2.81. The van der Waals surface area contributed by atoms with E-state index >= 15 is 0 Å². The lowest BCUT2D eigenvalue weighted by Gasteiger charge is -2.16. The average Bonchev–Trinajstić information content (AvgIpc) is 2.25. The molecular formula is C14H20N2O2S. The second-order valence-electron chi connectivity index (χ2n) is 4.61. The van der Waals surface area contributed by atoms with E-state index in [4.69, 9.17) is 12.2 Å². The van der Waals surface area contributed by atoms with Gasteiger partial charge >= 0.3 is 0 Å². The van der Waals surface area contributed by atoms with Crippen molar-refractivity contribution in [2.24, 2.45) is 0 Å². The lowest BCUT2D eigenvalue weighted by Crippen LogP contribution is -2.34. The fraction of sp³-hybridized carbons (Fsp3) is 0.429. The van der Waals surface area contributed by atoms with Gasteiger partial charge in [-0.25, -0.2) is 8.42 Å². The summed E-state index contributed by atoms with van der Waals surface area (Å²) in [5.41, 5.74) is 7.50. The van der Waals surface area contributed by atoms with Crippen molar-refractivity contribution in [1.29, 1.82) is 0 Å². The SMILES string of the molecule is C#CC(CCC)NS(=O)(=O)c1c(C)cc(N)cc1C. The van der Waals surface area contributed by atoms with Gasteiger partial charge < -0.3 is 5.73 Å². The Hall–Kier alpha value is -1.51. The molecule has 3 N–H and O–H groups in total. The normalized spacial score (nSPS) is 12.9. The van der Waals surface area contributed by atoms with Crippen molar-refractivity contribution >= 4 is 15.7 Å². The second-order valence-corrected chi connectivity index (χ2v) is 6.26. The molecule has 0 radical (unpaired) electrons. The van der Waals surface area contributed by atoms with E-state index in [-0.39, 0.29) is 4.90 Å². The van der Waals surface area contributed by atoms with Crippen molar-refractivity contribution in [1.82, 2.24) is 4.72 Å². The fourth-order valence-corrected chi connectivity index (χ4v) is 3.76. The van der Waals surface area contributed by atoms with Gasteiger partial charge in [-0.1, -0.05) is 19.3 Å². The molecule has 0 amide bonds. The Morgan fingerprint density at radius 2 is 1.89 bits per heavy atom. The van der Waals surface area contributed by atoms with Gasteiger partial charge in [-0.3, -0.25) is 0 Å². The Labute approximate surface area is 115 Å². The third-order valence-corrected chi connectivity index (χ3v) is 4.60. The number of aryl methyl sites for hydroxylation is 2. The van der Waals surface area contributed by atoms with E-state index in [9.17, 15) is 8.42 Å². The molecule has 104 valence electrons. The molecule has 0 spiro atoms. The fourth-order valence-electron chi connectivity index (χ4n) is 2.12. The summed E-state index contributed by atoms with van der Waals surface area (Å²) in [6.45, 7) is 5.41. The first-order valence-corrected chi connectivity index (χ1v) is 7.65. The first kappa shape index (κ1) is 15.5. The molecule has 4 nitrogen and oxygen atoms in total. The van der Waals surface area contributed by atoms with Crippen LogP contribution in [-0.2, 0) is 10.0 Å². The number of hydrogen-bond donors (Lipinski definition) is 2. The number of nitrogens with one attached hydrogen (secondary N) is 1. The highest BCUT2D eigenvalue weighted by Gasteiger charge is 2.22. The van der Waals surface area contributed by atoms with E-state index in [2.05, 4.69) is 10.6 Å². The minimum atomic E-state index is -3.62. The molecule has 1 atom stereocenters. The second kappa shape index (κ2) is 6.09. The summed E-state index contributed by atoms with van der Waals surface area (Å²) in [4.78, 5) is 0.262. The number of nitrogens with two attached hydrogens (primary N) is 1. The number of terminal acetylenes is 1. The topological polar surface area (TPSA) is 72.2 Å². The van der Waals surface area contributed by atoms with Crippen LogP contribution in [0.1, 0.15) is 30.9 Å². The van der Waals surface area contributed by atoms with Gasteiger partial charge in [-0.2, -0.15) is 4.72 Å². The average molecular weight is 280 g/mol. The van der Waals surface area contributed by atoms with Crippen LogP contribution >= 0.6 is 0 Å². The van der Waals surface area contributed by atoms with Crippen molar-refractivity contribution in [2.75, 3.05) is 5.73 Å². The van der Waals surface area contributed by atoms with Gasteiger partial charge in [-0.05, 0) is 43.5 Å². The third-order valence-electron chi connectivity index (χ3n) is 2.83. The molecule has 0 saturated heterocycles. The summed E-state index contributed by atoms with van der Waals surface area (Å²) in [5, 5.41) is 0. The van der Waals surface area contributed by atoms with E-state index in [1.807, 2.05) is 6.92 Å². The maximum absolute atomic E-state index is 12.4. The summed E-state index contributed by atoms with van der Waals surface area (Å²) >= 11 is 0. The van der Waals surface area contributed by atoms with E-state index in [1.54, 1.807) is 26.0 Å². The van der Waals surface area contributed by atoms with Crippen molar-refractivity contribution in [3.8, 4) is 12.3 Å². The number of benzene rings is 1. The molecule has 1 aromatic rings. The van der Waals surface area contributed by atoms with Crippen molar-refractivity contribution in [2.45, 2.75) is 44.6 Å². The number of hydrogen-bond acceptors (Lipinski definition) is 3. The number of rotatable bonds is 5. The maximum Gasteiger partial charge on any atom is 0.242 e. The molecule has 1 rings (SSSR count). The van der Waals surface area contributed by atoms with E-state index in [1.165, 1.54) is 0 Å². The highest BCUT2D eigenvalue weighted by molar-refractivity contribution is 7.89. The van der Waals surface area contributed by atoms with Gasteiger partial charge in [0.05, 0.1) is 10.9 Å². The molecule has 0 bridgehead atoms. The van der Waals surface area contributed by atoms with E-state index < -0.39 is 16.1 Å². The molecule has 0 aliphatic rings. The predicted molar refractivity (Wildman–Crippen MR) is 78.2 cm³/mol. The van der Waals surface area contributed by atoms with Crippen LogP contribution in [0.3, 0.4) is 0 Å². The smallest absolute Gasteiger partial charge is 0.242 e. The van der Waals surface area contributed by atoms with Gasteiger partial charge in [-0.15, -0.1) is 6.42 Å². The monoisotopic (exact) mass is 280 g/mol. The zero-order chi connectivity index (χ0) is 14.6. The Kier molecular flexibility index (Phi) is 4.98. The molecule has 0 heterocycles. The minimum absolute atomic E-state index is 0.262. The number of sulfonamides is 1. The summed E-state index contributed by atoms with van der Waals surface area (Å²) in [7, 11) is -3.62. The van der Waals surface area contributed by atoms with Crippen LogP contribution in [0.15, 0.2) is 17.0 Å². The number of anilines is 1. The summed E-state index contributed by atoms with van der Waals surface area (Å²) in [5.74, 6) is 2.46. The zero-order valence-electron chi connectivity index (χ0n) is 11.5. The van der Waals surface area contributed by atoms with E-state index in [0.717, 1.165) is 6.42 Å². The highest BCUT2D eigenvalue weighted by atomic mass is 32.2. The van der Waals surface area contributed by atoms with Gasteiger partial charge in [0.25, 0.3) is 0 Å². The molecule has 0 aromatic heterocycles. The van der Waals surface area contributed by atoms with Gasteiger partial charge in [0.1, 0.15) is 0 Å². The maximum atomic E-state index is 12.4. The Balaban J connectivity index is 3.18. The largest absolute Gasteiger partial charge is 0.399 e. The van der Waals surface area contributed by atoms with E-state index in [0.29, 0.717) is 23.2 Å². The van der Waals surface area contributed by atoms with Crippen LogP contribution in [-0.4, -0.2) is 14.5 Å². The molecule has 0 aliphatic carbocycles. The van der Waals surface area contributed by atoms with Crippen LogP contribution < -0.4 is 10.5 Å².